The Morgan fingerprint density at radius 3 is 2.81 bits per heavy atom. The predicted molar refractivity (Wildman–Crippen MR) is 86.1 cm³/mol. The molecule has 110 valence electrons. The lowest BCUT2D eigenvalue weighted by atomic mass is 10.1. The predicted octanol–water partition coefficient (Wildman–Crippen LogP) is 2.93. The number of carbonyl (C=O) groups is 1. The van der Waals surface area contributed by atoms with Crippen molar-refractivity contribution in [2.75, 3.05) is 13.2 Å². The number of rotatable bonds is 5. The third-order valence-corrected chi connectivity index (χ3v) is 3.56. The molecule has 0 aliphatic heterocycles. The van der Waals surface area contributed by atoms with Gasteiger partial charge in [0.1, 0.15) is 0 Å². The SMILES string of the molecule is Cc1nc(-c2cccc(Br)c2)ccc1C(=O)NCCCO. The molecule has 0 atom stereocenters. The number of aliphatic hydroxyl groups excluding tert-OH is 1. The van der Waals surface area contributed by atoms with Gasteiger partial charge in [0, 0.05) is 23.2 Å². The number of nitrogens with one attached hydrogen (secondary N) is 1. The molecular weight excluding hydrogens is 332 g/mol. The summed E-state index contributed by atoms with van der Waals surface area (Å²) in [6, 6.07) is 11.5. The van der Waals surface area contributed by atoms with E-state index in [4.69, 9.17) is 5.11 Å². The number of benzene rings is 1. The number of pyridine rings is 1. The van der Waals surface area contributed by atoms with Crippen LogP contribution in [0.4, 0.5) is 0 Å². The highest BCUT2D eigenvalue weighted by Gasteiger charge is 2.11. The molecule has 1 heterocycles. The van der Waals surface area contributed by atoms with E-state index in [1.807, 2.05) is 37.3 Å². The van der Waals surface area contributed by atoms with E-state index in [9.17, 15) is 4.79 Å². The van der Waals surface area contributed by atoms with Crippen molar-refractivity contribution in [3.63, 3.8) is 0 Å². The molecule has 0 fully saturated rings. The zero-order chi connectivity index (χ0) is 15.2. The highest BCUT2D eigenvalue weighted by atomic mass is 79.9. The molecule has 0 saturated heterocycles. The molecule has 0 unspecified atom stereocenters. The third kappa shape index (κ3) is 4.12. The van der Waals surface area contributed by atoms with Gasteiger partial charge in [0.25, 0.3) is 5.91 Å². The van der Waals surface area contributed by atoms with Gasteiger partial charge in [-0.3, -0.25) is 9.78 Å². The van der Waals surface area contributed by atoms with Crippen LogP contribution >= 0.6 is 15.9 Å². The van der Waals surface area contributed by atoms with Gasteiger partial charge in [-0.25, -0.2) is 0 Å². The first-order chi connectivity index (χ1) is 10.1. The maximum absolute atomic E-state index is 12.0. The fraction of sp³-hybridized carbons (Fsp3) is 0.250. The Kier molecular flexibility index (Phi) is 5.47. The van der Waals surface area contributed by atoms with Crippen molar-refractivity contribution in [1.82, 2.24) is 10.3 Å². The second-order valence-electron chi connectivity index (χ2n) is 4.67. The first-order valence-electron chi connectivity index (χ1n) is 6.74. The summed E-state index contributed by atoms with van der Waals surface area (Å²) < 4.78 is 0.991. The van der Waals surface area contributed by atoms with E-state index < -0.39 is 0 Å². The van der Waals surface area contributed by atoms with Gasteiger partial charge in [-0.1, -0.05) is 28.1 Å². The topological polar surface area (TPSA) is 62.2 Å². The van der Waals surface area contributed by atoms with Crippen molar-refractivity contribution in [1.29, 1.82) is 0 Å². The van der Waals surface area contributed by atoms with Gasteiger partial charge in [-0.15, -0.1) is 0 Å². The van der Waals surface area contributed by atoms with E-state index in [0.29, 0.717) is 24.2 Å². The normalized spacial score (nSPS) is 10.4. The zero-order valence-corrected chi connectivity index (χ0v) is 13.4. The number of aromatic nitrogens is 1. The summed E-state index contributed by atoms with van der Waals surface area (Å²) in [5.41, 5.74) is 3.08. The van der Waals surface area contributed by atoms with E-state index in [1.165, 1.54) is 0 Å². The number of hydrogen-bond donors (Lipinski definition) is 2. The Morgan fingerprint density at radius 1 is 1.33 bits per heavy atom. The molecule has 2 aromatic rings. The molecule has 0 radical (unpaired) electrons. The number of halogens is 1. The summed E-state index contributed by atoms with van der Waals surface area (Å²) in [5, 5.41) is 11.5. The first-order valence-corrected chi connectivity index (χ1v) is 7.54. The highest BCUT2D eigenvalue weighted by molar-refractivity contribution is 9.10. The summed E-state index contributed by atoms with van der Waals surface area (Å²) in [5.74, 6) is -0.158. The minimum absolute atomic E-state index is 0.0688. The van der Waals surface area contributed by atoms with Crippen molar-refractivity contribution in [3.05, 3.63) is 52.1 Å². The lowest BCUT2D eigenvalue weighted by Gasteiger charge is -2.09. The standard InChI is InChI=1S/C16H17BrN2O2/c1-11-14(16(21)18-8-3-9-20)6-7-15(19-11)12-4-2-5-13(17)10-12/h2,4-7,10,20H,3,8-9H2,1H3,(H,18,21). The second-order valence-corrected chi connectivity index (χ2v) is 5.59. The molecule has 2 N–H and O–H groups in total. The van der Waals surface area contributed by atoms with Crippen LogP contribution in [0.1, 0.15) is 22.5 Å². The molecule has 0 bridgehead atoms. The quantitative estimate of drug-likeness (QED) is 0.816. The average molecular weight is 349 g/mol. The fourth-order valence-corrected chi connectivity index (χ4v) is 2.39. The Hall–Kier alpha value is -1.72. The minimum atomic E-state index is -0.158. The van der Waals surface area contributed by atoms with Gasteiger partial charge in [-0.05, 0) is 37.6 Å². The lowest BCUT2D eigenvalue weighted by molar-refractivity contribution is 0.0950. The van der Waals surface area contributed by atoms with E-state index >= 15 is 0 Å². The lowest BCUT2D eigenvalue weighted by Crippen LogP contribution is -2.26. The van der Waals surface area contributed by atoms with E-state index in [1.54, 1.807) is 6.07 Å². The van der Waals surface area contributed by atoms with Crippen molar-refractivity contribution < 1.29 is 9.90 Å². The number of aliphatic hydroxyl groups is 1. The molecule has 0 aliphatic carbocycles. The monoisotopic (exact) mass is 348 g/mol. The molecule has 4 nitrogen and oxygen atoms in total. The van der Waals surface area contributed by atoms with E-state index in [0.717, 1.165) is 15.7 Å². The summed E-state index contributed by atoms with van der Waals surface area (Å²) in [6.07, 6.45) is 0.550. The molecule has 5 heteroatoms. The van der Waals surface area contributed by atoms with Crippen LogP contribution in [0.3, 0.4) is 0 Å². The molecule has 0 aliphatic rings. The second kappa shape index (κ2) is 7.33. The Morgan fingerprint density at radius 2 is 2.14 bits per heavy atom. The molecule has 1 aromatic carbocycles. The van der Waals surface area contributed by atoms with Crippen LogP contribution in [0, 0.1) is 6.92 Å². The van der Waals surface area contributed by atoms with Crippen LogP contribution in [0.25, 0.3) is 11.3 Å². The smallest absolute Gasteiger partial charge is 0.253 e. The van der Waals surface area contributed by atoms with Crippen LogP contribution in [-0.2, 0) is 0 Å². The van der Waals surface area contributed by atoms with E-state index in [-0.39, 0.29) is 12.5 Å². The van der Waals surface area contributed by atoms with Crippen molar-refractivity contribution in [3.8, 4) is 11.3 Å². The Bertz CT molecular complexity index is 644. The number of carbonyl (C=O) groups excluding carboxylic acids is 1. The molecule has 21 heavy (non-hydrogen) atoms. The third-order valence-electron chi connectivity index (χ3n) is 3.07. The largest absolute Gasteiger partial charge is 0.396 e. The Labute approximate surface area is 132 Å². The van der Waals surface area contributed by atoms with Crippen molar-refractivity contribution in [2.45, 2.75) is 13.3 Å². The minimum Gasteiger partial charge on any atom is -0.396 e. The van der Waals surface area contributed by atoms with Crippen LogP contribution < -0.4 is 5.32 Å². The summed E-state index contributed by atoms with van der Waals surface area (Å²) in [6.45, 7) is 2.35. The van der Waals surface area contributed by atoms with Crippen LogP contribution in [0.5, 0.6) is 0 Å². The molecule has 1 aromatic heterocycles. The molecule has 2 rings (SSSR count). The molecule has 1 amide bonds. The summed E-state index contributed by atoms with van der Waals surface area (Å²) in [7, 11) is 0. The number of hydrogen-bond acceptors (Lipinski definition) is 3. The molecule has 0 spiro atoms. The van der Waals surface area contributed by atoms with E-state index in [2.05, 4.69) is 26.2 Å². The van der Waals surface area contributed by atoms with Gasteiger partial charge < -0.3 is 10.4 Å². The summed E-state index contributed by atoms with van der Waals surface area (Å²) >= 11 is 3.44. The number of amides is 1. The maximum Gasteiger partial charge on any atom is 0.253 e. The van der Waals surface area contributed by atoms with Crippen molar-refractivity contribution in [2.24, 2.45) is 0 Å². The number of nitrogens with zero attached hydrogens (tertiary/aromatic N) is 1. The van der Waals surface area contributed by atoms with Gasteiger partial charge in [0.05, 0.1) is 17.0 Å². The Balaban J connectivity index is 2.19. The molecule has 0 saturated carbocycles. The van der Waals surface area contributed by atoms with Crippen molar-refractivity contribution >= 4 is 21.8 Å². The summed E-state index contributed by atoms with van der Waals surface area (Å²) in [4.78, 5) is 16.5. The maximum atomic E-state index is 12.0. The number of aryl methyl sites for hydroxylation is 1. The first kappa shape index (κ1) is 15.7. The van der Waals surface area contributed by atoms with Gasteiger partial charge in [-0.2, -0.15) is 0 Å². The molecular formula is C16H17BrN2O2. The fourth-order valence-electron chi connectivity index (χ4n) is 1.99. The van der Waals surface area contributed by atoms with Crippen LogP contribution in [-0.4, -0.2) is 29.1 Å². The average Bonchev–Trinajstić information content (AvgIpc) is 2.47. The highest BCUT2D eigenvalue weighted by Crippen LogP contribution is 2.22. The van der Waals surface area contributed by atoms with Gasteiger partial charge >= 0.3 is 0 Å². The van der Waals surface area contributed by atoms with Crippen LogP contribution in [0.15, 0.2) is 40.9 Å². The van der Waals surface area contributed by atoms with Crippen LogP contribution in [0.2, 0.25) is 0 Å². The van der Waals surface area contributed by atoms with Gasteiger partial charge in [0.15, 0.2) is 0 Å². The van der Waals surface area contributed by atoms with Gasteiger partial charge in [0.2, 0.25) is 0 Å². The zero-order valence-electron chi connectivity index (χ0n) is 11.8.